The third kappa shape index (κ3) is 3.96. The average Bonchev–Trinajstić information content (AvgIpc) is 2.70. The number of thiocarbonyl (C=S) groups is 1. The molecule has 0 radical (unpaired) electrons. The zero-order valence-electron chi connectivity index (χ0n) is 14.9. The summed E-state index contributed by atoms with van der Waals surface area (Å²) < 4.78 is 0.872. The second kappa shape index (κ2) is 8.73. The largest absolute Gasteiger partial charge is 0.363 e. The molecule has 0 aliphatic rings. The van der Waals surface area contributed by atoms with Crippen LogP contribution < -0.4 is 15.9 Å². The van der Waals surface area contributed by atoms with Gasteiger partial charge in [-0.15, -0.1) is 0 Å². The van der Waals surface area contributed by atoms with E-state index in [0.717, 1.165) is 4.32 Å². The first kappa shape index (κ1) is 19.0. The second-order valence-corrected chi connectivity index (χ2v) is 11.2. The van der Waals surface area contributed by atoms with E-state index in [1.54, 1.807) is 11.8 Å². The van der Waals surface area contributed by atoms with Gasteiger partial charge < -0.3 is 4.90 Å². The van der Waals surface area contributed by atoms with E-state index >= 15 is 0 Å². The first-order valence-electron chi connectivity index (χ1n) is 8.42. The Kier molecular flexibility index (Phi) is 6.37. The summed E-state index contributed by atoms with van der Waals surface area (Å²) in [5.74, 6) is 0. The molecular weight excluding hydrogens is 373 g/mol. The van der Waals surface area contributed by atoms with Crippen molar-refractivity contribution in [2.45, 2.75) is 0 Å². The Morgan fingerprint density at radius 2 is 1.08 bits per heavy atom. The van der Waals surface area contributed by atoms with Crippen LogP contribution in [0.4, 0.5) is 0 Å². The van der Waals surface area contributed by atoms with Gasteiger partial charge >= 0.3 is 0 Å². The Bertz CT molecular complexity index is 803. The molecule has 0 amide bonds. The zero-order valence-corrected chi connectivity index (χ0v) is 17.5. The van der Waals surface area contributed by atoms with Gasteiger partial charge in [-0.1, -0.05) is 115 Å². The van der Waals surface area contributed by atoms with Gasteiger partial charge in [-0.05, 0) is 27.9 Å². The lowest BCUT2D eigenvalue weighted by Gasteiger charge is -2.28. The maximum Gasteiger partial charge on any atom is 0.140 e. The van der Waals surface area contributed by atoms with Crippen LogP contribution in [0.15, 0.2) is 91.0 Å². The van der Waals surface area contributed by atoms with Gasteiger partial charge in [0.25, 0.3) is 0 Å². The molecule has 1 nitrogen and oxygen atoms in total. The lowest BCUT2D eigenvalue weighted by molar-refractivity contribution is 0.648. The van der Waals surface area contributed by atoms with E-state index in [-0.39, 0.29) is 0 Å². The highest BCUT2D eigenvalue weighted by molar-refractivity contribution is 8.37. The molecule has 0 unspecified atom stereocenters. The number of rotatable bonds is 4. The molecule has 0 saturated carbocycles. The maximum atomic E-state index is 5.57. The highest BCUT2D eigenvalue weighted by Crippen LogP contribution is 2.45. The monoisotopic (exact) mass is 395 g/mol. The van der Waals surface area contributed by atoms with Crippen molar-refractivity contribution in [2.24, 2.45) is 0 Å². The van der Waals surface area contributed by atoms with E-state index < -0.39 is 6.89 Å². The van der Waals surface area contributed by atoms with Crippen molar-refractivity contribution >= 4 is 56.2 Å². The summed E-state index contributed by atoms with van der Waals surface area (Å²) in [6.07, 6.45) is 0. The highest BCUT2D eigenvalue weighted by Gasteiger charge is 2.25. The lowest BCUT2D eigenvalue weighted by Crippen LogP contribution is -2.27. The molecule has 0 bridgehead atoms. The van der Waals surface area contributed by atoms with Crippen LogP contribution in [0, 0.1) is 0 Å². The fourth-order valence-corrected chi connectivity index (χ4v) is 8.72. The molecule has 0 spiro atoms. The van der Waals surface area contributed by atoms with Crippen molar-refractivity contribution in [1.82, 2.24) is 4.90 Å². The molecule has 0 aliphatic heterocycles. The van der Waals surface area contributed by atoms with E-state index in [1.165, 1.54) is 15.9 Å². The number of nitrogens with zero attached hydrogens (tertiary/aromatic N) is 1. The van der Waals surface area contributed by atoms with Gasteiger partial charge in [-0.2, -0.15) is 0 Å². The summed E-state index contributed by atoms with van der Waals surface area (Å²) in [5.41, 5.74) is 0. The molecule has 0 heterocycles. The fourth-order valence-electron chi connectivity index (χ4n) is 2.85. The average molecular weight is 396 g/mol. The molecule has 0 aromatic heterocycles. The van der Waals surface area contributed by atoms with Crippen LogP contribution in [0.2, 0.25) is 0 Å². The van der Waals surface area contributed by atoms with E-state index in [1.807, 2.05) is 19.0 Å². The Morgan fingerprint density at radius 1 is 0.731 bits per heavy atom. The lowest BCUT2D eigenvalue weighted by atomic mass is 10.4. The van der Waals surface area contributed by atoms with Gasteiger partial charge in [0.15, 0.2) is 0 Å². The Balaban J connectivity index is 2.32. The second-order valence-electron chi connectivity index (χ2n) is 6.11. The summed E-state index contributed by atoms with van der Waals surface area (Å²) in [6.45, 7) is -1.92. The molecule has 26 heavy (non-hydrogen) atoms. The van der Waals surface area contributed by atoms with Crippen LogP contribution >= 0.6 is 30.9 Å². The smallest absolute Gasteiger partial charge is 0.140 e. The summed E-state index contributed by atoms with van der Waals surface area (Å²) in [5, 5.41) is 6.40. The molecule has 0 atom stereocenters. The van der Waals surface area contributed by atoms with Crippen molar-refractivity contribution < 1.29 is 0 Å². The summed E-state index contributed by atoms with van der Waals surface area (Å²) in [7, 11) is 3.99. The number of benzene rings is 3. The van der Waals surface area contributed by atoms with Crippen molar-refractivity contribution in [2.75, 3.05) is 14.1 Å². The van der Waals surface area contributed by atoms with E-state index in [9.17, 15) is 0 Å². The van der Waals surface area contributed by atoms with Crippen molar-refractivity contribution in [3.8, 4) is 0 Å². The van der Waals surface area contributed by atoms with Crippen LogP contribution in [0.1, 0.15) is 0 Å². The maximum absolute atomic E-state index is 5.57. The van der Waals surface area contributed by atoms with Crippen LogP contribution in [-0.2, 0) is 0 Å². The molecule has 0 fully saturated rings. The molecule has 4 heteroatoms. The predicted molar refractivity (Wildman–Crippen MR) is 125 cm³/mol. The predicted octanol–water partition coefficient (Wildman–Crippen LogP) is 4.32. The summed E-state index contributed by atoms with van der Waals surface area (Å²) >= 11 is 7.23. The zero-order chi connectivity index (χ0) is 18.4. The van der Waals surface area contributed by atoms with Crippen molar-refractivity contribution in [1.29, 1.82) is 0 Å². The molecule has 132 valence electrons. The first-order chi connectivity index (χ1) is 12.6. The highest BCUT2D eigenvalue weighted by atomic mass is 32.2. The third-order valence-electron chi connectivity index (χ3n) is 4.17. The Labute approximate surface area is 166 Å². The number of thioether (sulfide) groups is 1. The summed E-state index contributed by atoms with van der Waals surface area (Å²) in [6, 6.07) is 32.4. The van der Waals surface area contributed by atoms with Gasteiger partial charge in [-0.3, -0.25) is 0 Å². The molecule has 3 aromatic carbocycles. The molecule has 0 saturated heterocycles. The number of hydrogen-bond donors (Lipinski definition) is 0. The third-order valence-corrected chi connectivity index (χ3v) is 10.4. The van der Waals surface area contributed by atoms with Gasteiger partial charge in [-0.25, -0.2) is 0 Å². The van der Waals surface area contributed by atoms with Crippen LogP contribution in [-0.4, -0.2) is 28.4 Å². The first-order valence-corrected chi connectivity index (χ1v) is 11.6. The minimum absolute atomic E-state index is 0.872. The van der Waals surface area contributed by atoms with Crippen molar-refractivity contribution in [3.05, 3.63) is 91.0 Å². The minimum atomic E-state index is -1.92. The van der Waals surface area contributed by atoms with Crippen molar-refractivity contribution in [3.63, 3.8) is 0 Å². The molecular formula is C22H22NPS2. The quantitative estimate of drug-likeness (QED) is 0.478. The Hall–Kier alpha value is -1.80. The molecule has 3 aromatic rings. The number of hydrogen-bond acceptors (Lipinski definition) is 2. The van der Waals surface area contributed by atoms with Crippen LogP contribution in [0.3, 0.4) is 0 Å². The van der Waals surface area contributed by atoms with Gasteiger partial charge in [0.2, 0.25) is 0 Å². The molecule has 0 N–H and O–H groups in total. The SMILES string of the molecule is CN(C)C(=S)SC=P(c1ccccc1)(c1ccccc1)c1ccccc1. The fraction of sp³-hybridized carbons (Fsp3) is 0.0909. The normalized spacial score (nSPS) is 11.0. The summed E-state index contributed by atoms with van der Waals surface area (Å²) in [4.78, 5) is 1.99. The van der Waals surface area contributed by atoms with Gasteiger partial charge in [0.1, 0.15) is 4.32 Å². The Morgan fingerprint density at radius 3 is 1.38 bits per heavy atom. The van der Waals surface area contributed by atoms with E-state index in [4.69, 9.17) is 12.2 Å². The van der Waals surface area contributed by atoms with E-state index in [2.05, 4.69) is 96.1 Å². The topological polar surface area (TPSA) is 3.24 Å². The van der Waals surface area contributed by atoms with Crippen LogP contribution in [0.25, 0.3) is 0 Å². The van der Waals surface area contributed by atoms with Gasteiger partial charge in [0, 0.05) is 14.1 Å². The van der Waals surface area contributed by atoms with Gasteiger partial charge in [0.05, 0.1) is 0 Å². The van der Waals surface area contributed by atoms with Crippen LogP contribution in [0.5, 0.6) is 0 Å². The minimum Gasteiger partial charge on any atom is -0.363 e. The molecule has 3 rings (SSSR count). The molecule has 0 aliphatic carbocycles. The van der Waals surface area contributed by atoms with E-state index in [0.29, 0.717) is 0 Å². The standard InChI is InChI=1S/C22H22NPS2/c1-23(2)22(25)26-18-24(19-12-6-3-7-13-19,20-14-8-4-9-15-20)21-16-10-5-11-17-21/h3-18H,1-2H3.